The van der Waals surface area contributed by atoms with E-state index in [4.69, 9.17) is 0 Å². The first-order chi connectivity index (χ1) is 18.1. The van der Waals surface area contributed by atoms with Crippen LogP contribution in [0.3, 0.4) is 0 Å². The summed E-state index contributed by atoms with van der Waals surface area (Å²) in [6, 6.07) is 23.2. The highest BCUT2D eigenvalue weighted by Crippen LogP contribution is 2.23. The number of anilines is 1. The molecule has 0 heterocycles. The van der Waals surface area contributed by atoms with Gasteiger partial charge in [-0.2, -0.15) is 0 Å². The van der Waals surface area contributed by atoms with Crippen LogP contribution in [-0.2, 0) is 32.6 Å². The molecule has 3 aromatic carbocycles. The maximum absolute atomic E-state index is 14.0. The van der Waals surface area contributed by atoms with Crippen molar-refractivity contribution in [2.45, 2.75) is 39.3 Å². The van der Waals surface area contributed by atoms with Gasteiger partial charge in [0.05, 0.1) is 11.9 Å². The summed E-state index contributed by atoms with van der Waals surface area (Å²) in [5, 5.41) is 2.94. The van der Waals surface area contributed by atoms with Crippen molar-refractivity contribution in [1.82, 2.24) is 10.2 Å². The minimum absolute atomic E-state index is 0.147. The monoisotopic (exact) mass is 599 g/mol. The number of nitrogens with zero attached hydrogens (tertiary/aromatic N) is 2. The van der Waals surface area contributed by atoms with Crippen molar-refractivity contribution >= 4 is 43.5 Å². The van der Waals surface area contributed by atoms with Crippen molar-refractivity contribution in [2.24, 2.45) is 0 Å². The summed E-state index contributed by atoms with van der Waals surface area (Å²) >= 11 is 3.43. The molecular formula is C29H34BrN3O4S. The van der Waals surface area contributed by atoms with Gasteiger partial charge in [-0.15, -0.1) is 0 Å². The van der Waals surface area contributed by atoms with Gasteiger partial charge in [0.2, 0.25) is 21.8 Å². The molecule has 0 aromatic heterocycles. The minimum atomic E-state index is -3.79. The van der Waals surface area contributed by atoms with Crippen molar-refractivity contribution in [3.63, 3.8) is 0 Å². The molecule has 1 unspecified atom stereocenters. The zero-order chi connectivity index (χ0) is 27.7. The standard InChI is InChI=1S/C29H34BrN3O4S/c1-4-18-31-29(35)27(19-23-11-6-5-7-12-23)32(20-24-14-16-25(30)17-15-24)28(34)21-33(38(3,36)37)26-13-9-8-10-22(26)2/h5-17,27H,4,18-21H2,1-3H3,(H,31,35). The molecule has 0 bridgehead atoms. The van der Waals surface area contributed by atoms with Crippen LogP contribution in [0.1, 0.15) is 30.0 Å². The van der Waals surface area contributed by atoms with Crippen LogP contribution >= 0.6 is 15.9 Å². The van der Waals surface area contributed by atoms with E-state index < -0.39 is 28.5 Å². The lowest BCUT2D eigenvalue weighted by Gasteiger charge is -2.33. The van der Waals surface area contributed by atoms with Crippen LogP contribution in [0.25, 0.3) is 0 Å². The molecule has 2 amide bonds. The molecule has 3 rings (SSSR count). The first-order valence-electron chi connectivity index (χ1n) is 12.5. The van der Waals surface area contributed by atoms with Gasteiger partial charge in [0.1, 0.15) is 12.6 Å². The third-order valence-electron chi connectivity index (χ3n) is 6.15. The fourth-order valence-corrected chi connectivity index (χ4v) is 5.32. The van der Waals surface area contributed by atoms with Crippen LogP contribution in [0.2, 0.25) is 0 Å². The summed E-state index contributed by atoms with van der Waals surface area (Å²) < 4.78 is 27.7. The van der Waals surface area contributed by atoms with E-state index in [2.05, 4.69) is 21.2 Å². The van der Waals surface area contributed by atoms with Gasteiger partial charge in [0, 0.05) is 24.0 Å². The van der Waals surface area contributed by atoms with E-state index in [9.17, 15) is 18.0 Å². The zero-order valence-corrected chi connectivity index (χ0v) is 24.3. The molecule has 202 valence electrons. The number of carbonyl (C=O) groups excluding carboxylic acids is 2. The van der Waals surface area contributed by atoms with Gasteiger partial charge < -0.3 is 10.2 Å². The Bertz CT molecular complexity index is 1330. The Labute approximate surface area is 234 Å². The van der Waals surface area contributed by atoms with Crippen molar-refractivity contribution in [3.05, 3.63) is 100 Å². The lowest BCUT2D eigenvalue weighted by atomic mass is 10.0. The molecule has 0 fully saturated rings. The fraction of sp³-hybridized carbons (Fsp3) is 0.310. The van der Waals surface area contributed by atoms with Crippen LogP contribution in [0.15, 0.2) is 83.3 Å². The molecule has 38 heavy (non-hydrogen) atoms. The van der Waals surface area contributed by atoms with Crippen LogP contribution in [0, 0.1) is 6.92 Å². The number of nitrogens with one attached hydrogen (secondary N) is 1. The Morgan fingerprint density at radius 3 is 2.16 bits per heavy atom. The number of hydrogen-bond donors (Lipinski definition) is 1. The molecule has 0 aliphatic heterocycles. The van der Waals surface area contributed by atoms with E-state index in [1.165, 1.54) is 4.90 Å². The van der Waals surface area contributed by atoms with Gasteiger partial charge in [0.15, 0.2) is 0 Å². The highest BCUT2D eigenvalue weighted by atomic mass is 79.9. The molecule has 0 aliphatic rings. The SMILES string of the molecule is CCCNC(=O)C(Cc1ccccc1)N(Cc1ccc(Br)cc1)C(=O)CN(c1ccccc1C)S(C)(=O)=O. The fourth-order valence-electron chi connectivity index (χ4n) is 4.14. The summed E-state index contributed by atoms with van der Waals surface area (Å²) in [6.07, 6.45) is 2.13. The van der Waals surface area contributed by atoms with Crippen LogP contribution < -0.4 is 9.62 Å². The lowest BCUT2D eigenvalue weighted by Crippen LogP contribution is -2.53. The van der Waals surface area contributed by atoms with Crippen LogP contribution in [0.4, 0.5) is 5.69 Å². The quantitative estimate of drug-likeness (QED) is 0.327. The molecule has 0 spiro atoms. The van der Waals surface area contributed by atoms with E-state index in [1.54, 1.807) is 25.1 Å². The second kappa shape index (κ2) is 13.6. The molecule has 9 heteroatoms. The molecule has 1 N–H and O–H groups in total. The first kappa shape index (κ1) is 29.4. The van der Waals surface area contributed by atoms with Gasteiger partial charge in [0.25, 0.3) is 0 Å². The maximum atomic E-state index is 14.0. The highest BCUT2D eigenvalue weighted by Gasteiger charge is 2.33. The molecule has 7 nitrogen and oxygen atoms in total. The first-order valence-corrected chi connectivity index (χ1v) is 15.1. The number of sulfonamides is 1. The molecule has 0 radical (unpaired) electrons. The number of carbonyl (C=O) groups is 2. The number of amides is 2. The largest absolute Gasteiger partial charge is 0.354 e. The van der Waals surface area contributed by atoms with Crippen LogP contribution in [0.5, 0.6) is 0 Å². The van der Waals surface area contributed by atoms with Gasteiger partial charge in [-0.25, -0.2) is 8.42 Å². The van der Waals surface area contributed by atoms with E-state index in [-0.39, 0.29) is 12.5 Å². The predicted octanol–water partition coefficient (Wildman–Crippen LogP) is 4.69. The number of benzene rings is 3. The average Bonchev–Trinajstić information content (AvgIpc) is 2.89. The number of halogens is 1. The van der Waals surface area contributed by atoms with Crippen molar-refractivity contribution in [1.29, 1.82) is 0 Å². The predicted molar refractivity (Wildman–Crippen MR) is 155 cm³/mol. The van der Waals surface area contributed by atoms with Crippen molar-refractivity contribution in [2.75, 3.05) is 23.7 Å². The summed E-state index contributed by atoms with van der Waals surface area (Å²) in [4.78, 5) is 29.0. The minimum Gasteiger partial charge on any atom is -0.354 e. The Morgan fingerprint density at radius 2 is 1.55 bits per heavy atom. The number of aryl methyl sites for hydroxylation is 1. The van der Waals surface area contributed by atoms with Crippen molar-refractivity contribution < 1.29 is 18.0 Å². The second-order valence-electron chi connectivity index (χ2n) is 9.20. The van der Waals surface area contributed by atoms with E-state index in [1.807, 2.05) is 67.6 Å². The topological polar surface area (TPSA) is 86.8 Å². The molecule has 0 aliphatic carbocycles. The normalized spacial score (nSPS) is 12.0. The van der Waals surface area contributed by atoms with E-state index in [0.29, 0.717) is 18.7 Å². The average molecular weight is 601 g/mol. The Balaban J connectivity index is 2.04. The third-order valence-corrected chi connectivity index (χ3v) is 7.80. The molecule has 1 atom stereocenters. The highest BCUT2D eigenvalue weighted by molar-refractivity contribution is 9.10. The van der Waals surface area contributed by atoms with Crippen molar-refractivity contribution in [3.8, 4) is 0 Å². The number of hydrogen-bond acceptors (Lipinski definition) is 4. The van der Waals surface area contributed by atoms with E-state index in [0.717, 1.165) is 38.1 Å². The molecular weight excluding hydrogens is 566 g/mol. The maximum Gasteiger partial charge on any atom is 0.244 e. The molecule has 0 saturated heterocycles. The lowest BCUT2D eigenvalue weighted by molar-refractivity contribution is -0.140. The number of rotatable bonds is 12. The summed E-state index contributed by atoms with van der Waals surface area (Å²) in [5.74, 6) is -0.739. The third kappa shape index (κ3) is 8.16. The Hall–Kier alpha value is -3.17. The summed E-state index contributed by atoms with van der Waals surface area (Å²) in [5.41, 5.74) is 2.88. The van der Waals surface area contributed by atoms with Gasteiger partial charge in [-0.1, -0.05) is 83.5 Å². The smallest absolute Gasteiger partial charge is 0.244 e. The van der Waals surface area contributed by atoms with Crippen LogP contribution in [-0.4, -0.2) is 50.5 Å². The van der Waals surface area contributed by atoms with Gasteiger partial charge >= 0.3 is 0 Å². The van der Waals surface area contributed by atoms with E-state index >= 15 is 0 Å². The second-order valence-corrected chi connectivity index (χ2v) is 12.0. The Morgan fingerprint density at radius 1 is 0.921 bits per heavy atom. The zero-order valence-electron chi connectivity index (χ0n) is 21.9. The number of para-hydroxylation sites is 1. The summed E-state index contributed by atoms with van der Waals surface area (Å²) in [7, 11) is -3.79. The Kier molecular flexibility index (Phi) is 10.5. The molecule has 3 aromatic rings. The summed E-state index contributed by atoms with van der Waals surface area (Å²) in [6.45, 7) is 3.96. The van der Waals surface area contributed by atoms with Gasteiger partial charge in [-0.05, 0) is 48.2 Å². The molecule has 0 saturated carbocycles. The van der Waals surface area contributed by atoms with Gasteiger partial charge in [-0.3, -0.25) is 13.9 Å².